The van der Waals surface area contributed by atoms with Gasteiger partial charge in [0.1, 0.15) is 5.56 Å². The van der Waals surface area contributed by atoms with Gasteiger partial charge in [-0.05, 0) is 50.6 Å². The van der Waals surface area contributed by atoms with Crippen LogP contribution in [0.4, 0.5) is 0 Å². The van der Waals surface area contributed by atoms with Crippen molar-refractivity contribution in [2.75, 3.05) is 6.54 Å². The molecule has 6 nitrogen and oxygen atoms in total. The lowest BCUT2D eigenvalue weighted by Crippen LogP contribution is -2.26. The lowest BCUT2D eigenvalue weighted by Gasteiger charge is -2.21. The second-order valence-corrected chi connectivity index (χ2v) is 8.47. The van der Waals surface area contributed by atoms with Crippen LogP contribution in [0.25, 0.3) is 22.4 Å². The van der Waals surface area contributed by atoms with E-state index in [0.717, 1.165) is 0 Å². The number of carboxylic acid groups (broad SMARTS) is 1. The number of pyridine rings is 1. The van der Waals surface area contributed by atoms with Gasteiger partial charge in [0.25, 0.3) is 5.91 Å². The van der Waals surface area contributed by atoms with Crippen LogP contribution < -0.4 is 10.7 Å². The number of carbonyl (C=O) groups is 2. The smallest absolute Gasteiger partial charge is 0.341 e. The molecule has 0 bridgehead atoms. The van der Waals surface area contributed by atoms with E-state index >= 15 is 0 Å². The van der Waals surface area contributed by atoms with Crippen LogP contribution in [0.15, 0.2) is 41.2 Å². The largest absolute Gasteiger partial charge is 0.477 e. The van der Waals surface area contributed by atoms with Crippen molar-refractivity contribution in [3.63, 3.8) is 0 Å². The number of aromatic carboxylic acids is 1. The Kier molecular flexibility index (Phi) is 7.52. The van der Waals surface area contributed by atoms with Gasteiger partial charge in [-0.1, -0.05) is 46.9 Å². The Hall–Kier alpha value is -2.80. The summed E-state index contributed by atoms with van der Waals surface area (Å²) in [5.41, 5.74) is 0.928. The van der Waals surface area contributed by atoms with Gasteiger partial charge in [0, 0.05) is 29.9 Å². The zero-order chi connectivity index (χ0) is 24.4. The number of nitrogens with one attached hydrogen (secondary N) is 1. The number of amides is 1. The van der Waals surface area contributed by atoms with E-state index in [9.17, 15) is 19.5 Å². The first-order valence-electron chi connectivity index (χ1n) is 10.2. The number of nitrogens with zero attached hydrogens (tertiary/aromatic N) is 1. The van der Waals surface area contributed by atoms with Crippen LogP contribution in [0.5, 0.6) is 0 Å². The van der Waals surface area contributed by atoms with Gasteiger partial charge < -0.3 is 15.0 Å². The molecule has 0 aliphatic rings. The first-order valence-corrected chi connectivity index (χ1v) is 11.3. The first-order chi connectivity index (χ1) is 15.6. The molecular formula is C24H21Cl3N2O4. The number of hydrogen-bond acceptors (Lipinski definition) is 3. The predicted molar refractivity (Wildman–Crippen MR) is 132 cm³/mol. The molecule has 1 aromatic heterocycles. The van der Waals surface area contributed by atoms with Crippen LogP contribution in [0.3, 0.4) is 0 Å². The fourth-order valence-corrected chi connectivity index (χ4v) is 4.32. The average molecular weight is 508 g/mol. The number of aromatic nitrogens is 1. The van der Waals surface area contributed by atoms with Crippen molar-refractivity contribution in [3.8, 4) is 22.4 Å². The predicted octanol–water partition coefficient (Wildman–Crippen LogP) is 5.92. The van der Waals surface area contributed by atoms with Crippen LogP contribution in [0.1, 0.15) is 40.3 Å². The van der Waals surface area contributed by atoms with E-state index in [1.54, 1.807) is 36.6 Å². The Labute approximate surface area is 205 Å². The monoisotopic (exact) mass is 506 g/mol. The standard InChI is InChI=1S/C24H21Cl3N2O4/c1-4-28-23(31)15-10-13(6-8-16(15)25)19-12(3)29(5-2)21(20(22(19)30)24(32)33)14-7-9-17(26)18(27)11-14/h6-11H,4-5H2,1-3H3,(H,28,31)(H,32,33). The third-order valence-corrected chi connectivity index (χ3v) is 6.36. The highest BCUT2D eigenvalue weighted by atomic mass is 35.5. The summed E-state index contributed by atoms with van der Waals surface area (Å²) < 4.78 is 1.74. The molecule has 3 aromatic rings. The molecule has 0 aliphatic heterocycles. The molecule has 33 heavy (non-hydrogen) atoms. The minimum atomic E-state index is -1.37. The summed E-state index contributed by atoms with van der Waals surface area (Å²) in [5, 5.41) is 13.5. The molecule has 2 aromatic carbocycles. The zero-order valence-electron chi connectivity index (χ0n) is 18.1. The second kappa shape index (κ2) is 10.00. The van der Waals surface area contributed by atoms with Gasteiger partial charge in [-0.25, -0.2) is 4.79 Å². The SMILES string of the molecule is CCNC(=O)c1cc(-c2c(C)n(CC)c(-c3ccc(Cl)c(Cl)c3)c(C(=O)O)c2=O)ccc1Cl. The van der Waals surface area contributed by atoms with Crippen LogP contribution in [0, 0.1) is 6.92 Å². The molecule has 0 fully saturated rings. The van der Waals surface area contributed by atoms with E-state index in [1.165, 1.54) is 18.2 Å². The Balaban J connectivity index is 2.39. The van der Waals surface area contributed by atoms with E-state index in [4.69, 9.17) is 34.8 Å². The first kappa shape index (κ1) is 24.8. The molecule has 0 saturated carbocycles. The Morgan fingerprint density at radius 2 is 1.61 bits per heavy atom. The quantitative estimate of drug-likeness (QED) is 0.433. The van der Waals surface area contributed by atoms with E-state index in [1.807, 2.05) is 6.92 Å². The van der Waals surface area contributed by atoms with Crippen LogP contribution in [-0.2, 0) is 6.54 Å². The van der Waals surface area contributed by atoms with Crippen molar-refractivity contribution in [2.24, 2.45) is 0 Å². The minimum Gasteiger partial charge on any atom is -0.477 e. The number of benzene rings is 2. The molecule has 3 rings (SSSR count). The topological polar surface area (TPSA) is 88.4 Å². The third-order valence-electron chi connectivity index (χ3n) is 5.29. The highest BCUT2D eigenvalue weighted by Crippen LogP contribution is 2.33. The highest BCUT2D eigenvalue weighted by molar-refractivity contribution is 6.42. The van der Waals surface area contributed by atoms with Crippen LogP contribution in [0.2, 0.25) is 15.1 Å². The fourth-order valence-electron chi connectivity index (χ4n) is 3.82. The molecule has 2 N–H and O–H groups in total. The van der Waals surface area contributed by atoms with Crippen molar-refractivity contribution in [2.45, 2.75) is 27.3 Å². The van der Waals surface area contributed by atoms with Gasteiger partial charge in [-0.2, -0.15) is 0 Å². The molecule has 1 amide bonds. The highest BCUT2D eigenvalue weighted by Gasteiger charge is 2.26. The number of carboxylic acids is 1. The summed E-state index contributed by atoms with van der Waals surface area (Å²) in [7, 11) is 0. The van der Waals surface area contributed by atoms with Crippen molar-refractivity contribution < 1.29 is 14.7 Å². The molecule has 0 saturated heterocycles. The molecule has 0 atom stereocenters. The van der Waals surface area contributed by atoms with E-state index in [-0.39, 0.29) is 32.8 Å². The van der Waals surface area contributed by atoms with Crippen LogP contribution >= 0.6 is 34.8 Å². The molecule has 1 heterocycles. The maximum atomic E-state index is 13.6. The van der Waals surface area contributed by atoms with Crippen LogP contribution in [-0.4, -0.2) is 28.1 Å². The maximum Gasteiger partial charge on any atom is 0.341 e. The van der Waals surface area contributed by atoms with Crippen molar-refractivity contribution >= 4 is 46.7 Å². The van der Waals surface area contributed by atoms with Gasteiger partial charge in [0.2, 0.25) is 5.43 Å². The number of rotatable bonds is 6. The molecule has 0 radical (unpaired) electrons. The van der Waals surface area contributed by atoms with Gasteiger partial charge in [-0.15, -0.1) is 0 Å². The number of halogens is 3. The summed E-state index contributed by atoms with van der Waals surface area (Å²) in [6.07, 6.45) is 0. The Morgan fingerprint density at radius 3 is 2.18 bits per heavy atom. The Morgan fingerprint density at radius 1 is 0.970 bits per heavy atom. The molecule has 9 heteroatoms. The third kappa shape index (κ3) is 4.64. The summed E-state index contributed by atoms with van der Waals surface area (Å²) in [5.74, 6) is -1.76. The van der Waals surface area contributed by atoms with E-state index in [2.05, 4.69) is 5.32 Å². The fraction of sp³-hybridized carbons (Fsp3) is 0.208. The molecular weight excluding hydrogens is 487 g/mol. The van der Waals surface area contributed by atoms with Gasteiger partial charge in [0.05, 0.1) is 26.3 Å². The lowest BCUT2D eigenvalue weighted by atomic mass is 9.95. The van der Waals surface area contributed by atoms with Gasteiger partial charge >= 0.3 is 5.97 Å². The molecule has 0 aliphatic carbocycles. The molecule has 172 valence electrons. The normalized spacial score (nSPS) is 10.8. The summed E-state index contributed by atoms with van der Waals surface area (Å²) in [4.78, 5) is 38.3. The number of carbonyl (C=O) groups excluding carboxylic acids is 1. The average Bonchev–Trinajstić information content (AvgIpc) is 2.76. The summed E-state index contributed by atoms with van der Waals surface area (Å²) >= 11 is 18.4. The lowest BCUT2D eigenvalue weighted by molar-refractivity contribution is 0.0695. The molecule has 0 spiro atoms. The van der Waals surface area contributed by atoms with E-state index in [0.29, 0.717) is 34.9 Å². The zero-order valence-corrected chi connectivity index (χ0v) is 20.4. The number of hydrogen-bond donors (Lipinski definition) is 2. The molecule has 0 unspecified atom stereocenters. The van der Waals surface area contributed by atoms with E-state index < -0.39 is 17.0 Å². The van der Waals surface area contributed by atoms with Gasteiger partial charge in [0.15, 0.2) is 0 Å². The maximum absolute atomic E-state index is 13.6. The van der Waals surface area contributed by atoms with Gasteiger partial charge in [-0.3, -0.25) is 9.59 Å². The van der Waals surface area contributed by atoms with Crippen molar-refractivity contribution in [1.29, 1.82) is 0 Å². The Bertz CT molecular complexity index is 1330. The second-order valence-electron chi connectivity index (χ2n) is 7.25. The summed E-state index contributed by atoms with van der Waals surface area (Å²) in [6, 6.07) is 9.32. The van der Waals surface area contributed by atoms with Crippen molar-refractivity contribution in [3.05, 3.63) is 78.5 Å². The van der Waals surface area contributed by atoms with Crippen molar-refractivity contribution in [1.82, 2.24) is 9.88 Å². The minimum absolute atomic E-state index is 0.181. The summed E-state index contributed by atoms with van der Waals surface area (Å²) in [6.45, 7) is 6.14.